The van der Waals surface area contributed by atoms with Gasteiger partial charge in [-0.1, -0.05) is 37.9 Å². The van der Waals surface area contributed by atoms with Crippen LogP contribution in [0.2, 0.25) is 0 Å². The third kappa shape index (κ3) is 4.31. The number of thiophene rings is 1. The largest absolute Gasteiger partial charge is 0.353 e. The van der Waals surface area contributed by atoms with E-state index in [0.29, 0.717) is 11.8 Å². The summed E-state index contributed by atoms with van der Waals surface area (Å²) in [5, 5.41) is 15.0. The molecule has 142 valence electrons. The van der Waals surface area contributed by atoms with Crippen molar-refractivity contribution in [2.24, 2.45) is 0 Å². The first-order valence-corrected chi connectivity index (χ1v) is 11.4. The fourth-order valence-corrected chi connectivity index (χ4v) is 5.38. The lowest BCUT2D eigenvalue weighted by molar-refractivity contribution is -0.119. The predicted octanol–water partition coefficient (Wildman–Crippen LogP) is 4.44. The standard InChI is InChI=1S/C19H28N4OS2/c1-4-15-13(3)25-11-16(15)18-21-22-19(23(18)5-2)26-12-17(24)20-14-9-7-6-8-10-14/h11,14H,4-10,12H2,1-3H3,(H,20,24). The van der Waals surface area contributed by atoms with Gasteiger partial charge in [-0.25, -0.2) is 0 Å². The van der Waals surface area contributed by atoms with Gasteiger partial charge in [0.05, 0.1) is 5.75 Å². The third-order valence-electron chi connectivity index (χ3n) is 5.03. The molecule has 2 heterocycles. The zero-order chi connectivity index (χ0) is 18.5. The topological polar surface area (TPSA) is 59.8 Å². The zero-order valence-corrected chi connectivity index (χ0v) is 17.5. The van der Waals surface area contributed by atoms with E-state index < -0.39 is 0 Å². The number of aromatic nitrogens is 3. The van der Waals surface area contributed by atoms with Crippen LogP contribution in [0, 0.1) is 6.92 Å². The molecule has 0 saturated heterocycles. The molecule has 1 N–H and O–H groups in total. The third-order valence-corrected chi connectivity index (χ3v) is 6.95. The molecule has 1 aliphatic rings. The van der Waals surface area contributed by atoms with Crippen molar-refractivity contribution < 1.29 is 4.79 Å². The van der Waals surface area contributed by atoms with Gasteiger partial charge in [-0.05, 0) is 38.7 Å². The van der Waals surface area contributed by atoms with Crippen LogP contribution >= 0.6 is 23.1 Å². The molecule has 1 amide bonds. The molecular formula is C19H28N4OS2. The van der Waals surface area contributed by atoms with Crippen molar-refractivity contribution >= 4 is 29.0 Å². The van der Waals surface area contributed by atoms with Crippen LogP contribution in [0.5, 0.6) is 0 Å². The lowest BCUT2D eigenvalue weighted by Gasteiger charge is -2.22. The zero-order valence-electron chi connectivity index (χ0n) is 15.9. The number of hydrogen-bond donors (Lipinski definition) is 1. The van der Waals surface area contributed by atoms with Gasteiger partial charge in [0.25, 0.3) is 0 Å². The van der Waals surface area contributed by atoms with E-state index in [1.165, 1.54) is 47.0 Å². The number of nitrogens with zero attached hydrogens (tertiary/aromatic N) is 3. The van der Waals surface area contributed by atoms with E-state index in [1.54, 1.807) is 11.3 Å². The molecule has 26 heavy (non-hydrogen) atoms. The maximum atomic E-state index is 12.3. The second-order valence-electron chi connectivity index (χ2n) is 6.78. The van der Waals surface area contributed by atoms with Gasteiger partial charge in [0, 0.05) is 28.4 Å². The van der Waals surface area contributed by atoms with Crippen molar-refractivity contribution in [2.45, 2.75) is 77.0 Å². The van der Waals surface area contributed by atoms with Gasteiger partial charge in [0.2, 0.25) is 5.91 Å². The second kappa shape index (κ2) is 9.04. The van der Waals surface area contributed by atoms with Gasteiger partial charge in [-0.15, -0.1) is 21.5 Å². The van der Waals surface area contributed by atoms with Crippen LogP contribution in [0.4, 0.5) is 0 Å². The van der Waals surface area contributed by atoms with Crippen LogP contribution in [-0.4, -0.2) is 32.5 Å². The molecule has 2 aromatic heterocycles. The number of thioether (sulfide) groups is 1. The van der Waals surface area contributed by atoms with Crippen LogP contribution in [0.3, 0.4) is 0 Å². The number of rotatable bonds is 7. The van der Waals surface area contributed by atoms with Crippen molar-refractivity contribution in [1.29, 1.82) is 0 Å². The molecule has 2 aromatic rings. The van der Waals surface area contributed by atoms with Crippen LogP contribution < -0.4 is 5.32 Å². The number of hydrogen-bond acceptors (Lipinski definition) is 5. The summed E-state index contributed by atoms with van der Waals surface area (Å²) in [6.45, 7) is 7.23. The fraction of sp³-hybridized carbons (Fsp3) is 0.632. The van der Waals surface area contributed by atoms with E-state index in [4.69, 9.17) is 0 Å². The van der Waals surface area contributed by atoms with E-state index in [2.05, 4.69) is 46.2 Å². The Labute approximate surface area is 164 Å². The molecule has 1 saturated carbocycles. The summed E-state index contributed by atoms with van der Waals surface area (Å²) in [5.41, 5.74) is 2.53. The minimum atomic E-state index is 0.106. The number of carbonyl (C=O) groups is 1. The average Bonchev–Trinajstić information content (AvgIpc) is 3.23. The summed E-state index contributed by atoms with van der Waals surface area (Å²) in [4.78, 5) is 13.6. The van der Waals surface area contributed by atoms with E-state index in [-0.39, 0.29) is 5.91 Å². The highest BCUT2D eigenvalue weighted by molar-refractivity contribution is 7.99. The fourth-order valence-electron chi connectivity index (χ4n) is 3.63. The molecular weight excluding hydrogens is 364 g/mol. The molecule has 0 bridgehead atoms. The van der Waals surface area contributed by atoms with Gasteiger partial charge in [-0.2, -0.15) is 0 Å². The smallest absolute Gasteiger partial charge is 0.230 e. The monoisotopic (exact) mass is 392 g/mol. The van der Waals surface area contributed by atoms with Crippen LogP contribution in [0.1, 0.15) is 56.4 Å². The summed E-state index contributed by atoms with van der Waals surface area (Å²) in [7, 11) is 0. The Kier molecular flexibility index (Phi) is 6.75. The van der Waals surface area contributed by atoms with E-state index in [9.17, 15) is 4.79 Å². The molecule has 1 fully saturated rings. The summed E-state index contributed by atoms with van der Waals surface area (Å²) in [6, 6.07) is 0.359. The highest BCUT2D eigenvalue weighted by Gasteiger charge is 2.20. The van der Waals surface area contributed by atoms with Gasteiger partial charge in [-0.3, -0.25) is 4.79 Å². The van der Waals surface area contributed by atoms with Crippen LogP contribution in [0.25, 0.3) is 11.4 Å². The van der Waals surface area contributed by atoms with Crippen LogP contribution in [0.15, 0.2) is 10.5 Å². The van der Waals surface area contributed by atoms with Gasteiger partial charge in [0.15, 0.2) is 11.0 Å². The minimum Gasteiger partial charge on any atom is -0.353 e. The molecule has 0 radical (unpaired) electrons. The Bertz CT molecular complexity index is 747. The van der Waals surface area contributed by atoms with Crippen molar-refractivity contribution in [1.82, 2.24) is 20.1 Å². The Morgan fingerprint density at radius 1 is 1.31 bits per heavy atom. The van der Waals surface area contributed by atoms with Gasteiger partial charge < -0.3 is 9.88 Å². The molecule has 0 atom stereocenters. The van der Waals surface area contributed by atoms with Crippen LogP contribution in [-0.2, 0) is 17.8 Å². The molecule has 0 unspecified atom stereocenters. The van der Waals surface area contributed by atoms with E-state index in [1.807, 2.05) is 0 Å². The number of carbonyl (C=O) groups excluding carboxylic acids is 1. The first-order valence-electron chi connectivity index (χ1n) is 9.56. The first kappa shape index (κ1) is 19.4. The minimum absolute atomic E-state index is 0.106. The van der Waals surface area contributed by atoms with Crippen molar-refractivity contribution in [3.63, 3.8) is 0 Å². The molecule has 3 rings (SSSR count). The molecule has 0 aliphatic heterocycles. The second-order valence-corrected chi connectivity index (χ2v) is 8.81. The average molecular weight is 393 g/mol. The highest BCUT2D eigenvalue weighted by Crippen LogP contribution is 2.32. The van der Waals surface area contributed by atoms with Gasteiger partial charge in [0.1, 0.15) is 0 Å². The lowest BCUT2D eigenvalue weighted by Crippen LogP contribution is -2.37. The maximum Gasteiger partial charge on any atom is 0.230 e. The summed E-state index contributed by atoms with van der Waals surface area (Å²) in [6.07, 6.45) is 6.97. The van der Waals surface area contributed by atoms with E-state index >= 15 is 0 Å². The van der Waals surface area contributed by atoms with Crippen molar-refractivity contribution in [3.05, 3.63) is 15.8 Å². The Balaban J connectivity index is 1.67. The first-order chi connectivity index (χ1) is 12.6. The number of nitrogens with one attached hydrogen (secondary N) is 1. The van der Waals surface area contributed by atoms with Crippen molar-refractivity contribution in [3.8, 4) is 11.4 Å². The Morgan fingerprint density at radius 3 is 2.77 bits per heavy atom. The van der Waals surface area contributed by atoms with Gasteiger partial charge >= 0.3 is 0 Å². The quantitative estimate of drug-likeness (QED) is 0.708. The molecule has 5 nitrogen and oxygen atoms in total. The maximum absolute atomic E-state index is 12.3. The summed E-state index contributed by atoms with van der Waals surface area (Å²) >= 11 is 3.25. The predicted molar refractivity (Wildman–Crippen MR) is 109 cm³/mol. The molecule has 0 aromatic carbocycles. The normalized spacial score (nSPS) is 15.3. The number of aryl methyl sites for hydroxylation is 1. The summed E-state index contributed by atoms with van der Waals surface area (Å²) in [5.74, 6) is 1.43. The number of amides is 1. The SMILES string of the molecule is CCc1c(-c2nnc(SCC(=O)NC3CCCCC3)n2CC)csc1C. The Hall–Kier alpha value is -1.34. The van der Waals surface area contributed by atoms with Crippen molar-refractivity contribution in [2.75, 3.05) is 5.75 Å². The van der Waals surface area contributed by atoms with E-state index in [0.717, 1.165) is 36.8 Å². The molecule has 7 heteroatoms. The molecule has 1 aliphatic carbocycles. The lowest BCUT2D eigenvalue weighted by atomic mass is 9.95. The molecule has 0 spiro atoms. The highest BCUT2D eigenvalue weighted by atomic mass is 32.2. The Morgan fingerprint density at radius 2 is 2.08 bits per heavy atom. The summed E-state index contributed by atoms with van der Waals surface area (Å²) < 4.78 is 2.12.